The van der Waals surface area contributed by atoms with Crippen molar-refractivity contribution in [3.05, 3.63) is 46.2 Å². The van der Waals surface area contributed by atoms with Crippen LogP contribution >= 0.6 is 11.3 Å². The van der Waals surface area contributed by atoms with Crippen molar-refractivity contribution >= 4 is 34.7 Å². The van der Waals surface area contributed by atoms with Gasteiger partial charge in [-0.3, -0.25) is 4.79 Å². The molecule has 1 aliphatic heterocycles. The number of rotatable bonds is 5. The maximum absolute atomic E-state index is 12.5. The number of nitrogens with zero attached hydrogens (tertiary/aromatic N) is 1. The van der Waals surface area contributed by atoms with Crippen LogP contribution in [0.4, 0.5) is 16.2 Å². The molecule has 0 radical (unpaired) electrons. The zero-order chi connectivity index (χ0) is 19.4. The van der Waals surface area contributed by atoms with E-state index in [0.29, 0.717) is 5.69 Å². The highest BCUT2D eigenvalue weighted by Gasteiger charge is 2.24. The van der Waals surface area contributed by atoms with Crippen LogP contribution in [0.2, 0.25) is 0 Å². The lowest BCUT2D eigenvalue weighted by Gasteiger charge is -2.29. The Labute approximate surface area is 163 Å². The van der Waals surface area contributed by atoms with Crippen LogP contribution in [0.25, 0.3) is 0 Å². The van der Waals surface area contributed by atoms with Crippen molar-refractivity contribution in [1.29, 1.82) is 0 Å². The largest absolute Gasteiger partial charge is 0.453 e. The monoisotopic (exact) mass is 387 g/mol. The van der Waals surface area contributed by atoms with Crippen LogP contribution in [0.3, 0.4) is 0 Å². The number of benzene rings is 1. The highest BCUT2D eigenvalue weighted by atomic mass is 32.1. The van der Waals surface area contributed by atoms with Crippen LogP contribution < -0.4 is 15.5 Å². The van der Waals surface area contributed by atoms with Crippen LogP contribution in [0.1, 0.15) is 24.3 Å². The molecule has 2 heterocycles. The second-order valence-corrected chi connectivity index (χ2v) is 7.93. The molecule has 2 N–H and O–H groups in total. The number of carbonyl (C=O) groups is 2. The first-order valence-electron chi connectivity index (χ1n) is 9.03. The Hall–Kier alpha value is -2.54. The predicted octanol–water partition coefficient (Wildman–Crippen LogP) is 3.63. The summed E-state index contributed by atoms with van der Waals surface area (Å²) in [6, 6.07) is 9.37. The lowest BCUT2D eigenvalue weighted by molar-refractivity contribution is -0.119. The van der Waals surface area contributed by atoms with Crippen LogP contribution in [0, 0.1) is 5.92 Å². The van der Waals surface area contributed by atoms with E-state index in [1.807, 2.05) is 49.4 Å². The fourth-order valence-electron chi connectivity index (χ4n) is 3.17. The van der Waals surface area contributed by atoms with E-state index in [1.165, 1.54) is 17.6 Å². The number of carbonyl (C=O) groups excluding carboxylic acids is 2. The summed E-state index contributed by atoms with van der Waals surface area (Å²) in [4.78, 5) is 27.8. The fraction of sp³-hybridized carbons (Fsp3) is 0.400. The SMILES string of the molecule is COC(=O)NC(C(=O)Nc1ccc(N2CCc3sccc3C2)cc1)C(C)C. The zero-order valence-corrected chi connectivity index (χ0v) is 16.6. The minimum Gasteiger partial charge on any atom is -0.453 e. The Balaban J connectivity index is 1.63. The van der Waals surface area contributed by atoms with Crippen molar-refractivity contribution in [2.45, 2.75) is 32.9 Å². The molecule has 3 rings (SSSR count). The van der Waals surface area contributed by atoms with Crippen molar-refractivity contribution in [3.63, 3.8) is 0 Å². The molecular weight excluding hydrogens is 362 g/mol. The van der Waals surface area contributed by atoms with E-state index in [0.717, 1.165) is 25.2 Å². The molecule has 0 aliphatic carbocycles. The van der Waals surface area contributed by atoms with Gasteiger partial charge >= 0.3 is 6.09 Å². The van der Waals surface area contributed by atoms with E-state index >= 15 is 0 Å². The van der Waals surface area contributed by atoms with Gasteiger partial charge in [-0.15, -0.1) is 11.3 Å². The predicted molar refractivity (Wildman–Crippen MR) is 108 cm³/mol. The minimum atomic E-state index is -0.656. The molecule has 27 heavy (non-hydrogen) atoms. The molecule has 0 bridgehead atoms. The van der Waals surface area contributed by atoms with Crippen molar-refractivity contribution in [1.82, 2.24) is 5.32 Å². The highest BCUT2D eigenvalue weighted by molar-refractivity contribution is 7.10. The van der Waals surface area contributed by atoms with Gasteiger partial charge in [0, 0.05) is 29.3 Å². The van der Waals surface area contributed by atoms with E-state index in [2.05, 4.69) is 31.7 Å². The molecule has 0 saturated carbocycles. The molecule has 0 fully saturated rings. The fourth-order valence-corrected chi connectivity index (χ4v) is 4.05. The van der Waals surface area contributed by atoms with Gasteiger partial charge < -0.3 is 20.3 Å². The van der Waals surface area contributed by atoms with Crippen LogP contribution in [0.15, 0.2) is 35.7 Å². The third-order valence-electron chi connectivity index (χ3n) is 4.72. The molecule has 1 unspecified atom stereocenters. The number of ether oxygens (including phenoxy) is 1. The molecule has 2 aromatic rings. The van der Waals surface area contributed by atoms with E-state index in [-0.39, 0.29) is 11.8 Å². The molecule has 1 aliphatic rings. The third kappa shape index (κ3) is 4.60. The number of hydrogen-bond acceptors (Lipinski definition) is 5. The third-order valence-corrected chi connectivity index (χ3v) is 5.74. The number of anilines is 2. The van der Waals surface area contributed by atoms with Crippen molar-refractivity contribution < 1.29 is 14.3 Å². The number of thiophene rings is 1. The van der Waals surface area contributed by atoms with Crippen molar-refractivity contribution in [3.8, 4) is 0 Å². The Morgan fingerprint density at radius 3 is 2.59 bits per heavy atom. The lowest BCUT2D eigenvalue weighted by atomic mass is 10.0. The molecule has 0 saturated heterocycles. The normalized spacial score (nSPS) is 14.4. The van der Waals surface area contributed by atoms with E-state index in [9.17, 15) is 9.59 Å². The summed E-state index contributed by atoms with van der Waals surface area (Å²) in [5.41, 5.74) is 3.24. The molecule has 0 spiro atoms. The number of alkyl carbamates (subject to hydrolysis) is 1. The van der Waals surface area contributed by atoms with Gasteiger partial charge in [-0.2, -0.15) is 0 Å². The maximum Gasteiger partial charge on any atom is 0.407 e. The molecule has 1 aromatic heterocycles. The molecule has 6 nitrogen and oxygen atoms in total. The number of amides is 2. The van der Waals surface area contributed by atoms with Gasteiger partial charge in [0.05, 0.1) is 7.11 Å². The minimum absolute atomic E-state index is 0.0588. The van der Waals surface area contributed by atoms with Crippen molar-refractivity contribution in [2.75, 3.05) is 23.9 Å². The Morgan fingerprint density at radius 2 is 1.93 bits per heavy atom. The molecule has 7 heteroatoms. The topological polar surface area (TPSA) is 70.7 Å². The zero-order valence-electron chi connectivity index (χ0n) is 15.8. The van der Waals surface area contributed by atoms with Crippen molar-refractivity contribution in [2.24, 2.45) is 5.92 Å². The summed E-state index contributed by atoms with van der Waals surface area (Å²) < 4.78 is 4.60. The summed E-state index contributed by atoms with van der Waals surface area (Å²) in [6.45, 7) is 5.66. The first-order valence-corrected chi connectivity index (χ1v) is 9.91. The molecular formula is C20H25N3O3S. The number of hydrogen-bond donors (Lipinski definition) is 2. The summed E-state index contributed by atoms with van der Waals surface area (Å²) in [6.07, 6.45) is 0.456. The van der Waals surface area contributed by atoms with Gasteiger partial charge in [-0.05, 0) is 53.6 Å². The van der Waals surface area contributed by atoms with Gasteiger partial charge in [0.15, 0.2) is 0 Å². The Kier molecular flexibility index (Phi) is 6.01. The summed E-state index contributed by atoms with van der Waals surface area (Å²) >= 11 is 1.83. The second-order valence-electron chi connectivity index (χ2n) is 6.93. The van der Waals surface area contributed by atoms with Gasteiger partial charge in [-0.25, -0.2) is 4.79 Å². The Bertz CT molecular complexity index is 801. The van der Waals surface area contributed by atoms with Crippen LogP contribution in [-0.4, -0.2) is 31.7 Å². The average molecular weight is 388 g/mol. The van der Waals surface area contributed by atoms with Gasteiger partial charge in [0.1, 0.15) is 6.04 Å². The lowest BCUT2D eigenvalue weighted by Crippen LogP contribution is -2.47. The smallest absolute Gasteiger partial charge is 0.407 e. The number of methoxy groups -OCH3 is 1. The maximum atomic E-state index is 12.5. The standard InChI is InChI=1S/C20H25N3O3S/c1-13(2)18(22-20(25)26-3)19(24)21-15-4-6-16(7-5-15)23-10-8-17-14(12-23)9-11-27-17/h4-7,9,11,13,18H,8,10,12H2,1-3H3,(H,21,24)(H,22,25). The van der Waals surface area contributed by atoms with Gasteiger partial charge in [-0.1, -0.05) is 13.8 Å². The van der Waals surface area contributed by atoms with E-state index < -0.39 is 12.1 Å². The average Bonchev–Trinajstić information content (AvgIpc) is 3.13. The first kappa shape index (κ1) is 19.2. The van der Waals surface area contributed by atoms with Crippen LogP contribution in [0.5, 0.6) is 0 Å². The first-order chi connectivity index (χ1) is 13.0. The number of nitrogens with one attached hydrogen (secondary N) is 2. The molecule has 2 amide bonds. The van der Waals surface area contributed by atoms with Crippen LogP contribution in [-0.2, 0) is 22.5 Å². The quantitative estimate of drug-likeness (QED) is 0.822. The summed E-state index contributed by atoms with van der Waals surface area (Å²) in [5, 5.41) is 7.60. The molecule has 1 aromatic carbocycles. The summed E-state index contributed by atoms with van der Waals surface area (Å²) in [7, 11) is 1.28. The number of fused-ring (bicyclic) bond motifs is 1. The van der Waals surface area contributed by atoms with Gasteiger partial charge in [0.25, 0.3) is 0 Å². The molecule has 1 atom stereocenters. The summed E-state index contributed by atoms with van der Waals surface area (Å²) in [5.74, 6) is -0.319. The van der Waals surface area contributed by atoms with Gasteiger partial charge in [0.2, 0.25) is 5.91 Å². The Morgan fingerprint density at radius 1 is 1.19 bits per heavy atom. The highest BCUT2D eigenvalue weighted by Crippen LogP contribution is 2.28. The molecule has 144 valence electrons. The van der Waals surface area contributed by atoms with E-state index in [1.54, 1.807) is 0 Å². The van der Waals surface area contributed by atoms with E-state index in [4.69, 9.17) is 0 Å². The second kappa shape index (κ2) is 8.43.